The molecule has 0 unspecified atom stereocenters. The summed E-state index contributed by atoms with van der Waals surface area (Å²) in [6.45, 7) is 3.29. The maximum atomic E-state index is 12.9. The number of ether oxygens (including phenoxy) is 1. The number of carbonyl (C=O) groups is 1. The lowest BCUT2D eigenvalue weighted by atomic mass is 10.1. The van der Waals surface area contributed by atoms with E-state index < -0.39 is 10.0 Å². The summed E-state index contributed by atoms with van der Waals surface area (Å²) in [6, 6.07) is 22.2. The van der Waals surface area contributed by atoms with Crippen LogP contribution in [0.1, 0.15) is 28.4 Å². The van der Waals surface area contributed by atoms with E-state index in [2.05, 4.69) is 15.1 Å². The van der Waals surface area contributed by atoms with E-state index in [1.165, 1.54) is 12.1 Å². The molecule has 0 spiro atoms. The van der Waals surface area contributed by atoms with Gasteiger partial charge < -0.3 is 10.1 Å². The quantitative estimate of drug-likeness (QED) is 0.349. The first-order valence-corrected chi connectivity index (χ1v) is 12.6. The Balaban J connectivity index is 1.43. The number of benzene rings is 3. The molecule has 0 bridgehead atoms. The molecule has 0 aliphatic carbocycles. The van der Waals surface area contributed by atoms with Crippen molar-refractivity contribution in [2.24, 2.45) is 0 Å². The molecule has 0 atom stereocenters. The Morgan fingerprint density at radius 2 is 1.74 bits per heavy atom. The lowest BCUT2D eigenvalue weighted by molar-refractivity contribution is 0.0950. The molecule has 0 saturated heterocycles. The maximum absolute atomic E-state index is 12.9. The molecule has 0 radical (unpaired) electrons. The molecule has 4 aromatic rings. The summed E-state index contributed by atoms with van der Waals surface area (Å²) in [7, 11) is -3.88. The standard InChI is InChI=1S/C26H26N4O4S/c1-2-34-24-13-11-23(12-14-24)29-35(32,33)25-10-5-9-20(17-25)26(31)27-18-21-7-3-4-8-22(21)19-30-16-6-15-28-30/h3-17,29H,2,18-19H2,1H3,(H,27,31). The van der Waals surface area contributed by atoms with E-state index in [0.29, 0.717) is 31.1 Å². The number of nitrogens with zero attached hydrogens (tertiary/aromatic N) is 2. The molecule has 3 aromatic carbocycles. The zero-order valence-corrected chi connectivity index (χ0v) is 20.0. The van der Waals surface area contributed by atoms with Gasteiger partial charge >= 0.3 is 0 Å². The summed E-state index contributed by atoms with van der Waals surface area (Å²) in [5.74, 6) is 0.289. The predicted molar refractivity (Wildman–Crippen MR) is 134 cm³/mol. The fourth-order valence-electron chi connectivity index (χ4n) is 3.53. The summed E-state index contributed by atoms with van der Waals surface area (Å²) in [5.41, 5.74) is 2.64. The van der Waals surface area contributed by atoms with Crippen molar-refractivity contribution in [1.82, 2.24) is 15.1 Å². The van der Waals surface area contributed by atoms with Gasteiger partial charge in [0.25, 0.3) is 15.9 Å². The SMILES string of the molecule is CCOc1ccc(NS(=O)(=O)c2cccc(C(=O)NCc3ccccc3Cn3cccn3)c2)cc1. The minimum atomic E-state index is -3.88. The third-order valence-electron chi connectivity index (χ3n) is 5.27. The monoisotopic (exact) mass is 490 g/mol. The third-order valence-corrected chi connectivity index (χ3v) is 6.65. The van der Waals surface area contributed by atoms with Crippen molar-refractivity contribution < 1.29 is 17.9 Å². The number of sulfonamides is 1. The molecule has 1 amide bonds. The summed E-state index contributed by atoms with van der Waals surface area (Å²) in [4.78, 5) is 12.8. The Morgan fingerprint density at radius 3 is 2.46 bits per heavy atom. The molecular weight excluding hydrogens is 464 g/mol. The zero-order chi connectivity index (χ0) is 24.7. The van der Waals surface area contributed by atoms with Crippen LogP contribution in [0, 0.1) is 0 Å². The topological polar surface area (TPSA) is 102 Å². The van der Waals surface area contributed by atoms with Gasteiger partial charge in [-0.15, -0.1) is 0 Å². The van der Waals surface area contributed by atoms with Crippen LogP contribution in [-0.4, -0.2) is 30.7 Å². The smallest absolute Gasteiger partial charge is 0.261 e. The number of amides is 1. The summed E-state index contributed by atoms with van der Waals surface area (Å²) < 4.78 is 35.5. The lowest BCUT2D eigenvalue weighted by Gasteiger charge is -2.12. The molecule has 0 aliphatic heterocycles. The number of anilines is 1. The van der Waals surface area contributed by atoms with Crippen LogP contribution in [0.5, 0.6) is 5.75 Å². The number of hydrogen-bond donors (Lipinski definition) is 2. The van der Waals surface area contributed by atoms with Crippen LogP contribution in [0.15, 0.2) is 96.2 Å². The molecule has 1 aromatic heterocycles. The van der Waals surface area contributed by atoms with E-state index in [9.17, 15) is 13.2 Å². The largest absolute Gasteiger partial charge is 0.494 e. The summed E-state index contributed by atoms with van der Waals surface area (Å²) >= 11 is 0. The van der Waals surface area contributed by atoms with Crippen molar-refractivity contribution in [3.8, 4) is 5.75 Å². The second-order valence-corrected chi connectivity index (χ2v) is 9.43. The van der Waals surface area contributed by atoms with Crippen LogP contribution in [0.2, 0.25) is 0 Å². The summed E-state index contributed by atoms with van der Waals surface area (Å²) in [6.07, 6.45) is 3.60. The van der Waals surface area contributed by atoms with Crippen molar-refractivity contribution in [2.45, 2.75) is 24.9 Å². The van der Waals surface area contributed by atoms with Crippen LogP contribution in [0.4, 0.5) is 5.69 Å². The molecule has 0 saturated carbocycles. The van der Waals surface area contributed by atoms with Crippen LogP contribution in [-0.2, 0) is 23.1 Å². The van der Waals surface area contributed by atoms with E-state index in [4.69, 9.17) is 4.74 Å². The van der Waals surface area contributed by atoms with Gasteiger partial charge in [0, 0.05) is 30.2 Å². The Kier molecular flexibility index (Phi) is 7.47. The van der Waals surface area contributed by atoms with Gasteiger partial charge in [-0.2, -0.15) is 5.10 Å². The number of nitrogens with one attached hydrogen (secondary N) is 2. The first-order chi connectivity index (χ1) is 16.9. The molecule has 1 heterocycles. The summed E-state index contributed by atoms with van der Waals surface area (Å²) in [5, 5.41) is 7.11. The molecule has 0 aliphatic rings. The minimum Gasteiger partial charge on any atom is -0.494 e. The van der Waals surface area contributed by atoms with Crippen molar-refractivity contribution in [1.29, 1.82) is 0 Å². The van der Waals surface area contributed by atoms with Crippen molar-refractivity contribution in [3.05, 3.63) is 108 Å². The Labute approximate surface area is 204 Å². The van der Waals surface area contributed by atoms with Gasteiger partial charge in [-0.3, -0.25) is 14.2 Å². The second kappa shape index (κ2) is 10.9. The highest BCUT2D eigenvalue weighted by Gasteiger charge is 2.17. The highest BCUT2D eigenvalue weighted by molar-refractivity contribution is 7.92. The van der Waals surface area contributed by atoms with Gasteiger partial charge in [-0.05, 0) is 66.6 Å². The Bertz CT molecular complexity index is 1390. The average molecular weight is 491 g/mol. The van der Waals surface area contributed by atoms with Gasteiger partial charge in [0.05, 0.1) is 18.0 Å². The van der Waals surface area contributed by atoms with Gasteiger partial charge in [0.1, 0.15) is 5.75 Å². The predicted octanol–water partition coefficient (Wildman–Crippen LogP) is 4.06. The lowest BCUT2D eigenvalue weighted by Crippen LogP contribution is -2.24. The van der Waals surface area contributed by atoms with E-state index in [0.717, 1.165) is 11.1 Å². The average Bonchev–Trinajstić information content (AvgIpc) is 3.38. The van der Waals surface area contributed by atoms with Crippen LogP contribution in [0.3, 0.4) is 0 Å². The van der Waals surface area contributed by atoms with Gasteiger partial charge in [0.2, 0.25) is 0 Å². The first-order valence-electron chi connectivity index (χ1n) is 11.1. The number of hydrogen-bond acceptors (Lipinski definition) is 5. The molecule has 180 valence electrons. The third kappa shape index (κ3) is 6.27. The van der Waals surface area contributed by atoms with Crippen LogP contribution >= 0.6 is 0 Å². The highest BCUT2D eigenvalue weighted by atomic mass is 32.2. The van der Waals surface area contributed by atoms with E-state index >= 15 is 0 Å². The minimum absolute atomic E-state index is 0.00174. The van der Waals surface area contributed by atoms with Crippen LogP contribution < -0.4 is 14.8 Å². The normalized spacial score (nSPS) is 11.1. The Morgan fingerprint density at radius 1 is 0.971 bits per heavy atom. The fourth-order valence-corrected chi connectivity index (χ4v) is 4.64. The second-order valence-electron chi connectivity index (χ2n) is 7.75. The number of aromatic nitrogens is 2. The molecule has 4 rings (SSSR count). The molecule has 0 fully saturated rings. The van der Waals surface area contributed by atoms with Crippen molar-refractivity contribution in [2.75, 3.05) is 11.3 Å². The van der Waals surface area contributed by atoms with E-state index in [1.54, 1.807) is 42.6 Å². The zero-order valence-electron chi connectivity index (χ0n) is 19.2. The van der Waals surface area contributed by atoms with E-state index in [1.807, 2.05) is 48.1 Å². The Hall–Kier alpha value is -4.11. The van der Waals surface area contributed by atoms with Gasteiger partial charge in [-0.1, -0.05) is 30.3 Å². The van der Waals surface area contributed by atoms with Gasteiger partial charge in [0.15, 0.2) is 0 Å². The first kappa shape index (κ1) is 24.0. The number of rotatable bonds is 10. The maximum Gasteiger partial charge on any atom is 0.261 e. The fraction of sp³-hybridized carbons (Fsp3) is 0.154. The van der Waals surface area contributed by atoms with E-state index in [-0.39, 0.29) is 16.4 Å². The number of carbonyl (C=O) groups excluding carboxylic acids is 1. The highest BCUT2D eigenvalue weighted by Crippen LogP contribution is 2.20. The van der Waals surface area contributed by atoms with Crippen molar-refractivity contribution >= 4 is 21.6 Å². The van der Waals surface area contributed by atoms with Crippen LogP contribution in [0.25, 0.3) is 0 Å². The molecule has 35 heavy (non-hydrogen) atoms. The van der Waals surface area contributed by atoms with Gasteiger partial charge in [-0.25, -0.2) is 8.42 Å². The molecule has 9 heteroatoms. The molecule has 2 N–H and O–H groups in total. The molecular formula is C26H26N4O4S. The molecule has 8 nitrogen and oxygen atoms in total. The van der Waals surface area contributed by atoms with Crippen molar-refractivity contribution in [3.63, 3.8) is 0 Å².